The molecule has 2 aromatic rings. The van der Waals surface area contributed by atoms with Crippen LogP contribution in [0.1, 0.15) is 12.5 Å². The summed E-state index contributed by atoms with van der Waals surface area (Å²) in [7, 11) is 0. The van der Waals surface area contributed by atoms with Crippen molar-refractivity contribution < 1.29 is 24.2 Å². The number of phenolic OH excluding ortho intramolecular Hbond substituents is 1. The number of nitrogens with zero attached hydrogens (tertiary/aromatic N) is 1. The number of amides is 3. The Morgan fingerprint density at radius 1 is 1.24 bits per heavy atom. The summed E-state index contributed by atoms with van der Waals surface area (Å²) in [5.41, 5.74) is 0.826. The number of rotatable bonds is 6. The van der Waals surface area contributed by atoms with Gasteiger partial charge in [0, 0.05) is 16.3 Å². The van der Waals surface area contributed by atoms with E-state index in [0.29, 0.717) is 40.4 Å². The van der Waals surface area contributed by atoms with E-state index in [1.54, 1.807) is 24.3 Å². The summed E-state index contributed by atoms with van der Waals surface area (Å²) in [4.78, 5) is 37.9. The van der Waals surface area contributed by atoms with E-state index in [1.165, 1.54) is 24.3 Å². The van der Waals surface area contributed by atoms with Crippen molar-refractivity contribution in [2.75, 3.05) is 18.5 Å². The van der Waals surface area contributed by atoms with Gasteiger partial charge >= 0.3 is 0 Å². The van der Waals surface area contributed by atoms with Crippen LogP contribution in [0.2, 0.25) is 5.02 Å². The van der Waals surface area contributed by atoms with Gasteiger partial charge in [-0.15, -0.1) is 0 Å². The summed E-state index contributed by atoms with van der Waals surface area (Å²) >= 11 is 6.59. The molecule has 1 aliphatic heterocycles. The second-order valence-electron chi connectivity index (χ2n) is 5.98. The molecule has 150 valence electrons. The zero-order chi connectivity index (χ0) is 21.0. The SMILES string of the molecule is CCOc1ccc(NC(=O)CN2C(=O)S/C(=C/c3cc(Cl)ccc3O)C2=O)cc1. The molecule has 0 aliphatic carbocycles. The molecule has 1 heterocycles. The van der Waals surface area contributed by atoms with E-state index in [-0.39, 0.29) is 10.7 Å². The third-order valence-corrected chi connectivity index (χ3v) is 5.04. The summed E-state index contributed by atoms with van der Waals surface area (Å²) in [6.45, 7) is 1.98. The number of aromatic hydroxyl groups is 1. The highest BCUT2D eigenvalue weighted by Crippen LogP contribution is 2.34. The molecule has 0 bridgehead atoms. The second-order valence-corrected chi connectivity index (χ2v) is 7.41. The fourth-order valence-corrected chi connectivity index (χ4v) is 3.57. The van der Waals surface area contributed by atoms with Gasteiger partial charge in [-0.05, 0) is 67.2 Å². The van der Waals surface area contributed by atoms with Crippen molar-refractivity contribution in [3.05, 3.63) is 58.0 Å². The van der Waals surface area contributed by atoms with E-state index in [9.17, 15) is 19.5 Å². The van der Waals surface area contributed by atoms with Crippen LogP contribution in [0.5, 0.6) is 11.5 Å². The third-order valence-electron chi connectivity index (χ3n) is 3.90. The Morgan fingerprint density at radius 2 is 1.97 bits per heavy atom. The van der Waals surface area contributed by atoms with Gasteiger partial charge in [-0.1, -0.05) is 11.6 Å². The molecule has 0 unspecified atom stereocenters. The van der Waals surface area contributed by atoms with Crippen LogP contribution in [0, 0.1) is 0 Å². The van der Waals surface area contributed by atoms with E-state index in [2.05, 4.69) is 5.32 Å². The lowest BCUT2D eigenvalue weighted by Gasteiger charge is -2.12. The zero-order valence-corrected chi connectivity index (χ0v) is 16.9. The number of hydrogen-bond donors (Lipinski definition) is 2. The summed E-state index contributed by atoms with van der Waals surface area (Å²) in [6.07, 6.45) is 1.37. The number of phenols is 1. The lowest BCUT2D eigenvalue weighted by molar-refractivity contribution is -0.127. The molecule has 0 saturated carbocycles. The fraction of sp³-hybridized carbons (Fsp3) is 0.150. The minimum Gasteiger partial charge on any atom is -0.507 e. The minimum absolute atomic E-state index is 0.0746. The number of hydrogen-bond acceptors (Lipinski definition) is 6. The standard InChI is InChI=1S/C20H17ClN2O5S/c1-2-28-15-6-4-14(5-7-15)22-18(25)11-23-19(26)17(29-20(23)27)10-12-9-13(21)3-8-16(12)24/h3-10,24H,2,11H2,1H3,(H,22,25)/b17-10+. The van der Waals surface area contributed by atoms with Crippen molar-refractivity contribution in [1.82, 2.24) is 4.90 Å². The Hall–Kier alpha value is -2.97. The quantitative estimate of drug-likeness (QED) is 0.666. The minimum atomic E-state index is -0.610. The van der Waals surface area contributed by atoms with Crippen LogP contribution in [-0.4, -0.2) is 40.2 Å². The van der Waals surface area contributed by atoms with E-state index in [0.717, 1.165) is 4.90 Å². The lowest BCUT2D eigenvalue weighted by Crippen LogP contribution is -2.36. The van der Waals surface area contributed by atoms with Crippen LogP contribution in [0.4, 0.5) is 10.5 Å². The molecule has 3 rings (SSSR count). The molecule has 0 aromatic heterocycles. The average molecular weight is 433 g/mol. The molecule has 7 nitrogen and oxygen atoms in total. The molecule has 3 amide bonds. The number of halogens is 1. The molecule has 2 N–H and O–H groups in total. The zero-order valence-electron chi connectivity index (χ0n) is 15.3. The Labute approximate surface area is 176 Å². The third kappa shape index (κ3) is 5.10. The van der Waals surface area contributed by atoms with Crippen molar-refractivity contribution in [2.24, 2.45) is 0 Å². The summed E-state index contributed by atoms with van der Waals surface area (Å²) in [5, 5.41) is 12.3. The largest absolute Gasteiger partial charge is 0.507 e. The van der Waals surface area contributed by atoms with Gasteiger partial charge in [0.25, 0.3) is 11.1 Å². The number of nitrogens with one attached hydrogen (secondary N) is 1. The fourth-order valence-electron chi connectivity index (χ4n) is 2.56. The van der Waals surface area contributed by atoms with Crippen molar-refractivity contribution >= 4 is 52.2 Å². The first-order valence-corrected chi connectivity index (χ1v) is 9.83. The van der Waals surface area contributed by atoms with Crippen LogP contribution >= 0.6 is 23.4 Å². The Morgan fingerprint density at radius 3 is 2.66 bits per heavy atom. The van der Waals surface area contributed by atoms with Crippen LogP contribution < -0.4 is 10.1 Å². The second kappa shape index (κ2) is 9.02. The van der Waals surface area contributed by atoms with Crippen LogP contribution in [-0.2, 0) is 9.59 Å². The van der Waals surface area contributed by atoms with Gasteiger partial charge in [-0.3, -0.25) is 19.3 Å². The van der Waals surface area contributed by atoms with Gasteiger partial charge in [0.2, 0.25) is 5.91 Å². The van der Waals surface area contributed by atoms with E-state index in [4.69, 9.17) is 16.3 Å². The summed E-state index contributed by atoms with van der Waals surface area (Å²) in [5.74, 6) is -0.523. The van der Waals surface area contributed by atoms with E-state index < -0.39 is 23.6 Å². The van der Waals surface area contributed by atoms with Crippen LogP contribution in [0.15, 0.2) is 47.4 Å². The van der Waals surface area contributed by atoms with Gasteiger partial charge < -0.3 is 15.2 Å². The van der Waals surface area contributed by atoms with Crippen molar-refractivity contribution in [3.8, 4) is 11.5 Å². The molecule has 1 saturated heterocycles. The number of anilines is 1. The highest BCUT2D eigenvalue weighted by molar-refractivity contribution is 8.18. The number of thioether (sulfide) groups is 1. The maximum atomic E-state index is 12.5. The smallest absolute Gasteiger partial charge is 0.294 e. The van der Waals surface area contributed by atoms with Crippen LogP contribution in [0.3, 0.4) is 0 Å². The number of benzene rings is 2. The highest BCUT2D eigenvalue weighted by Gasteiger charge is 2.36. The predicted molar refractivity (Wildman–Crippen MR) is 112 cm³/mol. The van der Waals surface area contributed by atoms with E-state index in [1.807, 2.05) is 6.92 Å². The maximum absolute atomic E-state index is 12.5. The number of ether oxygens (including phenoxy) is 1. The molecule has 1 fully saturated rings. The number of imide groups is 1. The highest BCUT2D eigenvalue weighted by atomic mass is 35.5. The molecule has 0 atom stereocenters. The van der Waals surface area contributed by atoms with E-state index >= 15 is 0 Å². The normalized spacial score (nSPS) is 15.1. The molecular formula is C20H17ClN2O5S. The van der Waals surface area contributed by atoms with Crippen molar-refractivity contribution in [2.45, 2.75) is 6.92 Å². The maximum Gasteiger partial charge on any atom is 0.294 e. The molecule has 0 radical (unpaired) electrons. The molecule has 2 aromatic carbocycles. The Balaban J connectivity index is 1.67. The molecule has 9 heteroatoms. The number of carbonyl (C=O) groups excluding carboxylic acids is 3. The predicted octanol–water partition coefficient (Wildman–Crippen LogP) is 4.12. The van der Waals surface area contributed by atoms with Gasteiger partial charge in [-0.2, -0.15) is 0 Å². The van der Waals surface area contributed by atoms with Crippen molar-refractivity contribution in [1.29, 1.82) is 0 Å². The number of carbonyl (C=O) groups is 3. The first kappa shape index (κ1) is 20.8. The Bertz CT molecular complexity index is 991. The molecule has 0 spiro atoms. The first-order chi connectivity index (χ1) is 13.9. The monoisotopic (exact) mass is 432 g/mol. The molecule has 1 aliphatic rings. The van der Waals surface area contributed by atoms with Gasteiger partial charge in [-0.25, -0.2) is 0 Å². The Kier molecular flexibility index (Phi) is 6.46. The summed E-state index contributed by atoms with van der Waals surface area (Å²) < 4.78 is 5.33. The van der Waals surface area contributed by atoms with Gasteiger partial charge in [0.15, 0.2) is 0 Å². The molecule has 29 heavy (non-hydrogen) atoms. The first-order valence-electron chi connectivity index (χ1n) is 8.64. The molecular weight excluding hydrogens is 416 g/mol. The summed E-state index contributed by atoms with van der Waals surface area (Å²) in [6, 6.07) is 11.1. The van der Waals surface area contributed by atoms with Crippen molar-refractivity contribution in [3.63, 3.8) is 0 Å². The van der Waals surface area contributed by atoms with Crippen LogP contribution in [0.25, 0.3) is 6.08 Å². The topological polar surface area (TPSA) is 95.9 Å². The van der Waals surface area contributed by atoms with Gasteiger partial charge in [0.05, 0.1) is 11.5 Å². The average Bonchev–Trinajstić information content (AvgIpc) is 2.94. The van der Waals surface area contributed by atoms with Gasteiger partial charge in [0.1, 0.15) is 18.0 Å². The lowest BCUT2D eigenvalue weighted by atomic mass is 10.2.